The normalized spacial score (nSPS) is 28.6. The van der Waals surface area contributed by atoms with E-state index in [1.54, 1.807) is 0 Å². The molecule has 0 spiro atoms. The Morgan fingerprint density at radius 1 is 1.28 bits per heavy atom. The predicted molar refractivity (Wildman–Crippen MR) is 62.0 cm³/mol. The average molecular weight is 259 g/mol. The Hall–Kier alpha value is -1.07. The Bertz CT molecular complexity index is 415. The van der Waals surface area contributed by atoms with Crippen LogP contribution in [0.15, 0.2) is 24.3 Å². The Morgan fingerprint density at radius 3 is 2.28 bits per heavy atom. The first-order chi connectivity index (χ1) is 8.37. The summed E-state index contributed by atoms with van der Waals surface area (Å²) in [5.74, 6) is 0. The molecule has 2 rings (SSSR count). The van der Waals surface area contributed by atoms with Gasteiger partial charge in [0.2, 0.25) is 0 Å². The molecule has 0 saturated heterocycles. The van der Waals surface area contributed by atoms with E-state index in [9.17, 15) is 18.3 Å². The lowest BCUT2D eigenvalue weighted by Crippen LogP contribution is -2.33. The summed E-state index contributed by atoms with van der Waals surface area (Å²) < 4.78 is 37.4. The number of hydrogen-bond acceptors (Lipinski definition) is 2. The van der Waals surface area contributed by atoms with Gasteiger partial charge in [0.1, 0.15) is 0 Å². The molecule has 2 nitrogen and oxygen atoms in total. The van der Waals surface area contributed by atoms with Gasteiger partial charge in [-0.15, -0.1) is 0 Å². The summed E-state index contributed by atoms with van der Waals surface area (Å²) >= 11 is 0. The number of benzene rings is 1. The third-order valence-electron chi connectivity index (χ3n) is 3.80. The lowest BCUT2D eigenvalue weighted by Gasteiger charge is -2.28. The number of halogens is 3. The summed E-state index contributed by atoms with van der Waals surface area (Å²) in [6.45, 7) is 0.343. The third kappa shape index (κ3) is 2.37. The van der Waals surface area contributed by atoms with Crippen LogP contribution in [0.5, 0.6) is 0 Å². The van der Waals surface area contributed by atoms with Gasteiger partial charge in [0.05, 0.1) is 11.7 Å². The number of hydrogen-bond donors (Lipinski definition) is 2. The molecule has 0 amide bonds. The molecule has 100 valence electrons. The first kappa shape index (κ1) is 13.4. The smallest absolute Gasteiger partial charge is 0.393 e. The van der Waals surface area contributed by atoms with Crippen LogP contribution in [-0.2, 0) is 11.6 Å². The van der Waals surface area contributed by atoms with Gasteiger partial charge < -0.3 is 10.8 Å². The number of nitrogens with two attached hydrogens (primary N) is 1. The van der Waals surface area contributed by atoms with Crippen molar-refractivity contribution >= 4 is 0 Å². The monoisotopic (exact) mass is 259 g/mol. The van der Waals surface area contributed by atoms with Crippen LogP contribution in [0.1, 0.15) is 30.4 Å². The lowest BCUT2D eigenvalue weighted by atomic mass is 9.78. The molecule has 0 heterocycles. The van der Waals surface area contributed by atoms with E-state index in [-0.39, 0.29) is 5.41 Å². The molecular weight excluding hydrogens is 243 g/mol. The molecule has 1 aromatic rings. The van der Waals surface area contributed by atoms with Crippen molar-refractivity contribution in [3.05, 3.63) is 35.4 Å². The molecule has 1 saturated carbocycles. The zero-order chi connectivity index (χ0) is 13.4. The minimum atomic E-state index is -4.32. The summed E-state index contributed by atoms with van der Waals surface area (Å²) in [4.78, 5) is 0. The summed E-state index contributed by atoms with van der Waals surface area (Å²) in [7, 11) is 0. The minimum absolute atomic E-state index is 0.343. The Morgan fingerprint density at radius 2 is 1.89 bits per heavy atom. The van der Waals surface area contributed by atoms with Crippen molar-refractivity contribution in [2.24, 2.45) is 5.73 Å². The Balaban J connectivity index is 2.28. The fourth-order valence-corrected chi connectivity index (χ4v) is 2.68. The maximum Gasteiger partial charge on any atom is 0.416 e. The van der Waals surface area contributed by atoms with Crippen molar-refractivity contribution in [3.63, 3.8) is 0 Å². The second-order valence-corrected chi connectivity index (χ2v) is 4.96. The first-order valence-electron chi connectivity index (χ1n) is 5.93. The van der Waals surface area contributed by atoms with E-state index in [1.165, 1.54) is 12.1 Å². The molecule has 2 unspecified atom stereocenters. The molecular formula is C13H16F3NO. The van der Waals surface area contributed by atoms with Crippen LogP contribution in [0.4, 0.5) is 13.2 Å². The SMILES string of the molecule is NCC1(c2ccc(C(F)(F)F)cc2)CCC(O)C1. The molecule has 1 aliphatic carbocycles. The fraction of sp³-hybridized carbons (Fsp3) is 0.538. The van der Waals surface area contributed by atoms with Crippen molar-refractivity contribution in [2.75, 3.05) is 6.54 Å². The number of alkyl halides is 3. The summed E-state index contributed by atoms with van der Waals surface area (Å²) in [5, 5.41) is 9.61. The van der Waals surface area contributed by atoms with Crippen LogP contribution < -0.4 is 5.73 Å². The molecule has 0 aromatic heterocycles. The maximum atomic E-state index is 12.5. The quantitative estimate of drug-likeness (QED) is 0.857. The van der Waals surface area contributed by atoms with Gasteiger partial charge in [0.25, 0.3) is 0 Å². The fourth-order valence-electron chi connectivity index (χ4n) is 2.68. The van der Waals surface area contributed by atoms with E-state index in [2.05, 4.69) is 0 Å². The molecule has 0 radical (unpaired) electrons. The van der Waals surface area contributed by atoms with Crippen LogP contribution in [0.2, 0.25) is 0 Å². The van der Waals surface area contributed by atoms with Gasteiger partial charge in [-0.3, -0.25) is 0 Å². The molecule has 0 aliphatic heterocycles. The van der Waals surface area contributed by atoms with Crippen molar-refractivity contribution in [2.45, 2.75) is 37.0 Å². The molecule has 0 bridgehead atoms. The van der Waals surface area contributed by atoms with E-state index >= 15 is 0 Å². The van der Waals surface area contributed by atoms with Crippen molar-refractivity contribution in [3.8, 4) is 0 Å². The highest BCUT2D eigenvalue weighted by molar-refractivity contribution is 5.32. The second-order valence-electron chi connectivity index (χ2n) is 4.96. The highest BCUT2D eigenvalue weighted by atomic mass is 19.4. The van der Waals surface area contributed by atoms with E-state index in [1.807, 2.05) is 0 Å². The van der Waals surface area contributed by atoms with Crippen molar-refractivity contribution in [1.29, 1.82) is 0 Å². The largest absolute Gasteiger partial charge is 0.416 e. The van der Waals surface area contributed by atoms with Gasteiger partial charge in [-0.25, -0.2) is 0 Å². The lowest BCUT2D eigenvalue weighted by molar-refractivity contribution is -0.137. The van der Waals surface area contributed by atoms with Crippen LogP contribution in [0.25, 0.3) is 0 Å². The Labute approximate surface area is 104 Å². The summed E-state index contributed by atoms with van der Waals surface area (Å²) in [6, 6.07) is 5.12. The van der Waals surface area contributed by atoms with Gasteiger partial charge >= 0.3 is 6.18 Å². The third-order valence-corrected chi connectivity index (χ3v) is 3.80. The molecule has 1 aliphatic rings. The topological polar surface area (TPSA) is 46.2 Å². The minimum Gasteiger partial charge on any atom is -0.393 e. The Kier molecular flexibility index (Phi) is 3.38. The molecule has 1 aromatic carbocycles. The van der Waals surface area contributed by atoms with E-state index < -0.39 is 17.8 Å². The van der Waals surface area contributed by atoms with Gasteiger partial charge in [-0.2, -0.15) is 13.2 Å². The molecule has 3 N–H and O–H groups in total. The van der Waals surface area contributed by atoms with E-state index in [4.69, 9.17) is 5.73 Å². The van der Waals surface area contributed by atoms with Crippen LogP contribution in [0, 0.1) is 0 Å². The standard InChI is InChI=1S/C13H16F3NO/c14-13(15,16)10-3-1-9(2-4-10)12(8-17)6-5-11(18)7-12/h1-4,11,18H,5-8,17H2. The molecule has 1 fully saturated rings. The molecule has 2 atom stereocenters. The summed E-state index contributed by atoms with van der Waals surface area (Å²) in [5.41, 5.74) is 5.51. The van der Waals surface area contributed by atoms with Gasteiger partial charge in [-0.05, 0) is 37.0 Å². The van der Waals surface area contributed by atoms with E-state index in [0.717, 1.165) is 24.1 Å². The first-order valence-corrected chi connectivity index (χ1v) is 5.93. The number of rotatable bonds is 2. The zero-order valence-corrected chi connectivity index (χ0v) is 9.87. The van der Waals surface area contributed by atoms with Gasteiger partial charge in [0, 0.05) is 12.0 Å². The van der Waals surface area contributed by atoms with Crippen molar-refractivity contribution < 1.29 is 18.3 Å². The highest BCUT2D eigenvalue weighted by Crippen LogP contribution is 2.41. The molecule has 18 heavy (non-hydrogen) atoms. The number of aliphatic hydroxyl groups excluding tert-OH is 1. The zero-order valence-electron chi connectivity index (χ0n) is 9.87. The number of aliphatic hydroxyl groups is 1. The summed E-state index contributed by atoms with van der Waals surface area (Å²) in [6.07, 6.45) is -2.83. The van der Waals surface area contributed by atoms with E-state index in [0.29, 0.717) is 19.4 Å². The van der Waals surface area contributed by atoms with Crippen molar-refractivity contribution in [1.82, 2.24) is 0 Å². The predicted octanol–water partition coefficient (Wildman–Crippen LogP) is 2.45. The second kappa shape index (κ2) is 4.55. The van der Waals surface area contributed by atoms with Crippen LogP contribution >= 0.6 is 0 Å². The molecule has 5 heteroatoms. The highest BCUT2D eigenvalue weighted by Gasteiger charge is 2.39. The van der Waals surface area contributed by atoms with Crippen LogP contribution in [0.3, 0.4) is 0 Å². The van der Waals surface area contributed by atoms with Gasteiger partial charge in [-0.1, -0.05) is 12.1 Å². The average Bonchev–Trinajstić information content (AvgIpc) is 2.71. The van der Waals surface area contributed by atoms with Crippen LogP contribution in [-0.4, -0.2) is 17.8 Å². The maximum absolute atomic E-state index is 12.5. The van der Waals surface area contributed by atoms with Gasteiger partial charge in [0.15, 0.2) is 0 Å².